The molecule has 5 heterocycles. The number of hydrogen-bond acceptors (Lipinski definition) is 8. The zero-order chi connectivity index (χ0) is 25.5. The third-order valence-corrected chi connectivity index (χ3v) is 9.13. The molecule has 1 N–H and O–H groups in total. The average Bonchev–Trinajstić information content (AvgIpc) is 2.86. The summed E-state index contributed by atoms with van der Waals surface area (Å²) in [5, 5.41) is 10.9. The van der Waals surface area contributed by atoms with Crippen molar-refractivity contribution in [2.45, 2.75) is 12.1 Å². The molecule has 2 spiro atoms. The maximum Gasteiger partial charge on any atom is 0.342 e. The molecule has 0 amide bonds. The molecule has 0 saturated carbocycles. The topological polar surface area (TPSA) is 95.3 Å². The summed E-state index contributed by atoms with van der Waals surface area (Å²) >= 11 is 13.9. The van der Waals surface area contributed by atoms with Crippen LogP contribution >= 0.6 is 35.0 Å². The summed E-state index contributed by atoms with van der Waals surface area (Å²) in [7, 11) is 0. The molecule has 3 saturated heterocycles. The van der Waals surface area contributed by atoms with Crippen molar-refractivity contribution in [1.82, 2.24) is 19.9 Å². The zero-order valence-electron chi connectivity index (χ0n) is 20.7. The third kappa shape index (κ3) is 5.08. The molecule has 2 aromatic heterocycles. The number of halogens is 2. The molecule has 0 radical (unpaired) electrons. The maximum atomic E-state index is 11.8. The molecule has 3 fully saturated rings. The van der Waals surface area contributed by atoms with Crippen molar-refractivity contribution in [3.05, 3.63) is 27.8 Å². The molecule has 3 aliphatic rings. The second-order valence-electron chi connectivity index (χ2n) is 10.0. The van der Waals surface area contributed by atoms with E-state index in [0.717, 1.165) is 80.2 Å². The van der Waals surface area contributed by atoms with Crippen LogP contribution in [0.15, 0.2) is 11.2 Å². The number of hydrogen-bond donors (Lipinski definition) is 1. The maximum absolute atomic E-state index is 11.8. The molecule has 0 aliphatic carbocycles. The zero-order valence-corrected chi connectivity index (χ0v) is 23.0. The Hall–Kier alpha value is -1.92. The van der Waals surface area contributed by atoms with Crippen LogP contribution < -0.4 is 9.80 Å². The van der Waals surface area contributed by atoms with Gasteiger partial charge in [-0.1, -0.05) is 35.0 Å². The standard InChI is InChI=1S/C23H31Cl2N8O2S/c1-16-26-20(25)19(22(34)35)21(27-16)31-5-9-33(10-6-31)13-11-32(12-14-33)7-3-30(4-8-32)18-15-17(24)28-23(29-18)36-2/h15H,3-14H2,1-2H3/q+1/p+1. The molecular formula is C23H32Cl2N8O2S+2. The normalized spacial score (nSPS) is 21.2. The Kier molecular flexibility index (Phi) is 7.21. The minimum atomic E-state index is -1.08. The van der Waals surface area contributed by atoms with E-state index in [4.69, 9.17) is 23.2 Å². The summed E-state index contributed by atoms with van der Waals surface area (Å²) in [4.78, 5) is 33.6. The lowest BCUT2D eigenvalue weighted by Gasteiger charge is -2.54. The van der Waals surface area contributed by atoms with E-state index in [9.17, 15) is 9.90 Å². The first-order chi connectivity index (χ1) is 17.2. The van der Waals surface area contributed by atoms with Crippen molar-refractivity contribution in [2.24, 2.45) is 0 Å². The third-order valence-electron chi connectivity index (χ3n) is 8.11. The molecule has 36 heavy (non-hydrogen) atoms. The molecule has 2 aromatic rings. The van der Waals surface area contributed by atoms with E-state index in [1.165, 1.54) is 24.9 Å². The number of thioether (sulfide) groups is 1. The monoisotopic (exact) mass is 554 g/mol. The summed E-state index contributed by atoms with van der Waals surface area (Å²) < 4.78 is 2.26. The van der Waals surface area contributed by atoms with Gasteiger partial charge in [0, 0.05) is 6.07 Å². The summed E-state index contributed by atoms with van der Waals surface area (Å²) in [5.41, 5.74) is 0.00589. The summed E-state index contributed by atoms with van der Waals surface area (Å²) in [6.45, 7) is 14.1. The number of nitrogens with zero attached hydrogens (tertiary/aromatic N) is 8. The Morgan fingerprint density at radius 3 is 1.97 bits per heavy atom. The first kappa shape index (κ1) is 25.7. The second kappa shape index (κ2) is 10.1. The lowest BCUT2D eigenvalue weighted by atomic mass is 10.1. The van der Waals surface area contributed by atoms with Gasteiger partial charge >= 0.3 is 5.97 Å². The van der Waals surface area contributed by atoms with Crippen LogP contribution in [-0.2, 0) is 0 Å². The number of rotatable bonds is 4. The number of aromatic carboxylic acids is 1. The predicted octanol–water partition coefficient (Wildman–Crippen LogP) is 2.29. The van der Waals surface area contributed by atoms with E-state index in [0.29, 0.717) is 22.0 Å². The summed E-state index contributed by atoms with van der Waals surface area (Å²) in [6.07, 6.45) is 1.97. The molecule has 194 valence electrons. The summed E-state index contributed by atoms with van der Waals surface area (Å²) in [5.74, 6) is 0.785. The number of aryl methyl sites for hydroxylation is 1. The molecule has 5 rings (SSSR count). The van der Waals surface area contributed by atoms with E-state index in [1.807, 2.05) is 12.3 Å². The lowest BCUT2D eigenvalue weighted by Crippen LogP contribution is -2.73. The van der Waals surface area contributed by atoms with Crippen molar-refractivity contribution in [1.29, 1.82) is 0 Å². The second-order valence-corrected chi connectivity index (χ2v) is 11.6. The Balaban J connectivity index is 1.19. The van der Waals surface area contributed by atoms with E-state index in [-0.39, 0.29) is 10.7 Å². The Labute approximate surface area is 225 Å². The predicted molar refractivity (Wildman–Crippen MR) is 141 cm³/mol. The number of quaternary nitrogens is 2. The number of carboxylic acids is 1. The number of carboxylic acid groups (broad SMARTS) is 1. The Bertz CT molecular complexity index is 1140. The fourth-order valence-electron chi connectivity index (χ4n) is 5.76. The van der Waals surface area contributed by atoms with Crippen LogP contribution in [0.1, 0.15) is 16.2 Å². The molecule has 0 atom stereocenters. The van der Waals surface area contributed by atoms with Gasteiger partial charge < -0.3 is 23.9 Å². The Morgan fingerprint density at radius 2 is 1.44 bits per heavy atom. The number of aromatic nitrogens is 4. The van der Waals surface area contributed by atoms with Crippen LogP contribution in [0, 0.1) is 6.92 Å². The quantitative estimate of drug-likeness (QED) is 0.264. The molecular weight excluding hydrogens is 523 g/mol. The van der Waals surface area contributed by atoms with Gasteiger partial charge in [0.25, 0.3) is 0 Å². The number of carbonyl (C=O) groups is 1. The molecule has 0 bridgehead atoms. The van der Waals surface area contributed by atoms with Crippen LogP contribution in [0.25, 0.3) is 0 Å². The highest BCUT2D eigenvalue weighted by atomic mass is 35.5. The molecule has 10 nitrogen and oxygen atoms in total. The summed E-state index contributed by atoms with van der Waals surface area (Å²) in [6, 6.07) is 1.87. The lowest BCUT2D eigenvalue weighted by molar-refractivity contribution is -1.03. The van der Waals surface area contributed by atoms with E-state index in [2.05, 4.69) is 29.7 Å². The van der Waals surface area contributed by atoms with Crippen LogP contribution in [0.5, 0.6) is 0 Å². The smallest absolute Gasteiger partial charge is 0.342 e. The van der Waals surface area contributed by atoms with Crippen molar-refractivity contribution >= 4 is 52.6 Å². The van der Waals surface area contributed by atoms with Gasteiger partial charge in [-0.2, -0.15) is 0 Å². The molecule has 0 unspecified atom stereocenters. The van der Waals surface area contributed by atoms with Gasteiger partial charge in [0.15, 0.2) is 5.16 Å². The van der Waals surface area contributed by atoms with Crippen LogP contribution in [0.4, 0.5) is 11.6 Å². The van der Waals surface area contributed by atoms with Crippen molar-refractivity contribution in [3.63, 3.8) is 0 Å². The number of anilines is 2. The van der Waals surface area contributed by atoms with Crippen LogP contribution in [0.2, 0.25) is 10.3 Å². The highest BCUT2D eigenvalue weighted by Crippen LogP contribution is 2.30. The van der Waals surface area contributed by atoms with Crippen molar-refractivity contribution in [2.75, 3.05) is 94.6 Å². The highest BCUT2D eigenvalue weighted by molar-refractivity contribution is 7.98. The highest BCUT2D eigenvalue weighted by Gasteiger charge is 2.45. The van der Waals surface area contributed by atoms with Gasteiger partial charge in [0.05, 0.1) is 52.4 Å². The van der Waals surface area contributed by atoms with Crippen molar-refractivity contribution in [3.8, 4) is 0 Å². The van der Waals surface area contributed by atoms with Crippen LogP contribution in [-0.4, -0.2) is 125 Å². The van der Waals surface area contributed by atoms with Crippen molar-refractivity contribution < 1.29 is 18.9 Å². The Morgan fingerprint density at radius 1 is 0.889 bits per heavy atom. The average molecular weight is 556 g/mol. The van der Waals surface area contributed by atoms with E-state index < -0.39 is 5.97 Å². The van der Waals surface area contributed by atoms with Gasteiger partial charge in [0.1, 0.15) is 59.5 Å². The van der Waals surface area contributed by atoms with Gasteiger partial charge in [-0.05, 0) is 13.2 Å². The first-order valence-electron chi connectivity index (χ1n) is 12.3. The molecule has 3 aliphatic heterocycles. The van der Waals surface area contributed by atoms with Gasteiger partial charge in [0.2, 0.25) is 0 Å². The van der Waals surface area contributed by atoms with E-state index >= 15 is 0 Å². The fourth-order valence-corrected chi connectivity index (χ4v) is 6.65. The van der Waals surface area contributed by atoms with Gasteiger partial charge in [-0.3, -0.25) is 0 Å². The molecule has 0 aromatic carbocycles. The molecule has 13 heteroatoms. The minimum Gasteiger partial charge on any atom is -0.477 e. The first-order valence-corrected chi connectivity index (χ1v) is 14.3. The SMILES string of the molecule is CSc1nc(Cl)cc(N2CC[N+]3(CC2)CC[N+]2(CCN(c4nc(C)nc(Cl)c4C(=O)O)CC2)CC3)n1. The van der Waals surface area contributed by atoms with Gasteiger partial charge in [-0.15, -0.1) is 0 Å². The van der Waals surface area contributed by atoms with Gasteiger partial charge in [-0.25, -0.2) is 24.7 Å². The fraction of sp³-hybridized carbons (Fsp3) is 0.609. The minimum absolute atomic E-state index is 0.00589. The van der Waals surface area contributed by atoms with E-state index in [1.54, 1.807) is 6.92 Å². The largest absolute Gasteiger partial charge is 0.477 e. The van der Waals surface area contributed by atoms with Crippen LogP contribution in [0.3, 0.4) is 0 Å². The number of piperazine rings is 3.